The Kier molecular flexibility index (Phi) is 9.37. The summed E-state index contributed by atoms with van der Waals surface area (Å²) < 4.78 is 0. The normalized spacial score (nSPS) is 11.9. The van der Waals surface area contributed by atoms with Crippen LogP contribution >= 0.6 is 23.4 Å². The Labute approximate surface area is 229 Å². The molecule has 4 rings (SSSR count). The number of aliphatic hydroxyl groups excluding tert-OH is 1. The van der Waals surface area contributed by atoms with Gasteiger partial charge in [0.15, 0.2) is 0 Å². The van der Waals surface area contributed by atoms with E-state index in [1.807, 2.05) is 54.6 Å². The third kappa shape index (κ3) is 6.92. The smallest absolute Gasteiger partial charge is 0.271 e. The molecule has 0 aliphatic rings. The highest BCUT2D eigenvalue weighted by molar-refractivity contribution is 7.98. The molecule has 4 aromatic carbocycles. The highest BCUT2D eigenvalue weighted by Gasteiger charge is 2.16. The largest absolute Gasteiger partial charge is 0.506 e. The summed E-state index contributed by atoms with van der Waals surface area (Å²) in [6.45, 7) is -0.165. The van der Waals surface area contributed by atoms with Gasteiger partial charge < -0.3 is 15.5 Å². The number of amides is 2. The Hall–Kier alpha value is -3.85. The Bertz CT molecular complexity index is 1460. The monoisotopic (exact) mass is 547 g/mol. The lowest BCUT2D eigenvalue weighted by Crippen LogP contribution is -2.39. The van der Waals surface area contributed by atoms with Crippen molar-refractivity contribution < 1.29 is 19.8 Å². The van der Waals surface area contributed by atoms with Gasteiger partial charge in [-0.1, -0.05) is 72.3 Å². The van der Waals surface area contributed by atoms with Gasteiger partial charge in [-0.05, 0) is 40.6 Å². The van der Waals surface area contributed by atoms with E-state index in [0.717, 1.165) is 16.5 Å². The number of hydrazone groups is 1. The quantitative estimate of drug-likeness (QED) is 0.165. The molecule has 0 heterocycles. The van der Waals surface area contributed by atoms with Gasteiger partial charge in [-0.15, -0.1) is 0 Å². The molecule has 0 saturated heterocycles. The predicted octanol–water partition coefficient (Wildman–Crippen LogP) is 4.99. The fourth-order valence-corrected chi connectivity index (χ4v) is 5.00. The van der Waals surface area contributed by atoms with Crippen LogP contribution in [-0.2, 0) is 5.75 Å². The van der Waals surface area contributed by atoms with E-state index in [1.54, 1.807) is 23.9 Å². The average Bonchev–Trinajstić information content (AvgIpc) is 2.94. The summed E-state index contributed by atoms with van der Waals surface area (Å²) in [6, 6.07) is 24.6. The number of rotatable bonds is 10. The molecule has 7 nitrogen and oxygen atoms in total. The average molecular weight is 548 g/mol. The van der Waals surface area contributed by atoms with Crippen molar-refractivity contribution in [2.75, 3.05) is 12.4 Å². The minimum Gasteiger partial charge on any atom is -0.506 e. The topological polar surface area (TPSA) is 111 Å². The van der Waals surface area contributed by atoms with Gasteiger partial charge in [0.1, 0.15) is 5.75 Å². The summed E-state index contributed by atoms with van der Waals surface area (Å²) in [6.07, 6.45) is 1.50. The lowest BCUT2D eigenvalue weighted by Gasteiger charge is -2.17. The molecule has 0 spiro atoms. The molecule has 0 fully saturated rings. The van der Waals surface area contributed by atoms with Crippen molar-refractivity contribution in [2.24, 2.45) is 5.10 Å². The second-order valence-corrected chi connectivity index (χ2v) is 9.90. The maximum absolute atomic E-state index is 13.1. The lowest BCUT2D eigenvalue weighted by atomic mass is 9.99. The third-order valence-electron chi connectivity index (χ3n) is 5.77. The highest BCUT2D eigenvalue weighted by atomic mass is 35.5. The van der Waals surface area contributed by atoms with Gasteiger partial charge in [0.05, 0.1) is 23.9 Å². The number of phenols is 1. The van der Waals surface area contributed by atoms with E-state index in [4.69, 9.17) is 11.6 Å². The first-order chi connectivity index (χ1) is 18.5. The SMILES string of the molecule is O=C(NN=Cc1ccc(C(=O)NC(CO)CSCc2ccccc2)c2ccccc12)c1ccc(O)c(Cl)c1. The first kappa shape index (κ1) is 27.2. The molecule has 0 aliphatic heterocycles. The van der Waals surface area contributed by atoms with Gasteiger partial charge in [-0.2, -0.15) is 16.9 Å². The number of fused-ring (bicyclic) bond motifs is 1. The van der Waals surface area contributed by atoms with Crippen LogP contribution in [0, 0.1) is 0 Å². The summed E-state index contributed by atoms with van der Waals surface area (Å²) in [7, 11) is 0. The highest BCUT2D eigenvalue weighted by Crippen LogP contribution is 2.24. The molecular weight excluding hydrogens is 522 g/mol. The second kappa shape index (κ2) is 13.1. The number of carbonyl (C=O) groups is 2. The van der Waals surface area contributed by atoms with Crippen molar-refractivity contribution >= 4 is 52.2 Å². The van der Waals surface area contributed by atoms with Crippen molar-refractivity contribution in [1.29, 1.82) is 0 Å². The summed E-state index contributed by atoms with van der Waals surface area (Å²) in [5.74, 6) is 0.496. The van der Waals surface area contributed by atoms with Crippen molar-refractivity contribution in [3.63, 3.8) is 0 Å². The Balaban J connectivity index is 1.43. The van der Waals surface area contributed by atoms with Crippen molar-refractivity contribution in [1.82, 2.24) is 10.7 Å². The first-order valence-electron chi connectivity index (χ1n) is 11.8. The lowest BCUT2D eigenvalue weighted by molar-refractivity contribution is 0.0923. The van der Waals surface area contributed by atoms with Crippen LogP contribution in [0.3, 0.4) is 0 Å². The number of thioether (sulfide) groups is 1. The third-order valence-corrected chi connectivity index (χ3v) is 7.25. The number of hydrogen-bond donors (Lipinski definition) is 4. The number of hydrogen-bond acceptors (Lipinski definition) is 6. The van der Waals surface area contributed by atoms with Crippen LogP contribution in [0.1, 0.15) is 31.8 Å². The summed E-state index contributed by atoms with van der Waals surface area (Å²) in [5, 5.41) is 27.9. The van der Waals surface area contributed by atoms with Crippen LogP contribution in [0.25, 0.3) is 10.8 Å². The molecule has 9 heteroatoms. The molecule has 0 aromatic heterocycles. The molecule has 2 amide bonds. The molecule has 0 saturated carbocycles. The fourth-order valence-electron chi connectivity index (χ4n) is 3.80. The van der Waals surface area contributed by atoms with Gasteiger partial charge in [0.25, 0.3) is 11.8 Å². The fraction of sp³-hybridized carbons (Fsp3) is 0.138. The van der Waals surface area contributed by atoms with Crippen molar-refractivity contribution in [3.8, 4) is 5.75 Å². The van der Waals surface area contributed by atoms with E-state index >= 15 is 0 Å². The number of aromatic hydroxyl groups is 1. The zero-order chi connectivity index (χ0) is 26.9. The maximum atomic E-state index is 13.1. The van der Waals surface area contributed by atoms with Crippen molar-refractivity contribution in [3.05, 3.63) is 112 Å². The first-order valence-corrected chi connectivity index (χ1v) is 13.4. The van der Waals surface area contributed by atoms with E-state index in [0.29, 0.717) is 16.9 Å². The zero-order valence-electron chi connectivity index (χ0n) is 20.3. The number of benzene rings is 4. The molecule has 1 atom stereocenters. The second-order valence-electron chi connectivity index (χ2n) is 8.47. The number of carbonyl (C=O) groups excluding carboxylic acids is 2. The molecule has 38 heavy (non-hydrogen) atoms. The Morgan fingerprint density at radius 1 is 0.947 bits per heavy atom. The number of aliphatic hydroxyl groups is 1. The number of nitrogens with one attached hydrogen (secondary N) is 2. The van der Waals surface area contributed by atoms with Gasteiger partial charge in [0.2, 0.25) is 0 Å². The number of phenolic OH excluding ortho intramolecular Hbond substituents is 1. The van der Waals surface area contributed by atoms with Crippen LogP contribution in [0.5, 0.6) is 5.75 Å². The van der Waals surface area contributed by atoms with Gasteiger partial charge in [0, 0.05) is 28.2 Å². The van der Waals surface area contributed by atoms with E-state index in [-0.39, 0.29) is 34.9 Å². The standard InChI is InChI=1S/C29H26ClN3O4S/c30-26-14-20(11-13-27(26)35)28(36)33-31-15-21-10-12-25(24-9-5-4-8-23(21)24)29(37)32-22(16-34)18-38-17-19-6-2-1-3-7-19/h1-15,22,34-35H,16-18H2,(H,32,37)(H,33,36). The van der Waals surface area contributed by atoms with Crippen LogP contribution in [0.2, 0.25) is 5.02 Å². The van der Waals surface area contributed by atoms with E-state index in [9.17, 15) is 19.8 Å². The van der Waals surface area contributed by atoms with Crippen LogP contribution in [0.4, 0.5) is 0 Å². The van der Waals surface area contributed by atoms with Gasteiger partial charge in [-0.25, -0.2) is 5.43 Å². The summed E-state index contributed by atoms with van der Waals surface area (Å²) in [5.41, 5.74) is 5.07. The molecule has 0 aliphatic carbocycles. The Morgan fingerprint density at radius 2 is 1.68 bits per heavy atom. The minimum absolute atomic E-state index is 0.0692. The maximum Gasteiger partial charge on any atom is 0.271 e. The number of halogens is 1. The molecule has 4 N–H and O–H groups in total. The molecule has 1 unspecified atom stereocenters. The predicted molar refractivity (Wildman–Crippen MR) is 153 cm³/mol. The van der Waals surface area contributed by atoms with Gasteiger partial charge in [-0.3, -0.25) is 9.59 Å². The summed E-state index contributed by atoms with van der Waals surface area (Å²) >= 11 is 7.52. The Morgan fingerprint density at radius 3 is 2.42 bits per heavy atom. The van der Waals surface area contributed by atoms with Crippen LogP contribution in [0.15, 0.2) is 90.0 Å². The molecular formula is C29H26ClN3O4S. The van der Waals surface area contributed by atoms with E-state index in [1.165, 1.54) is 30.0 Å². The van der Waals surface area contributed by atoms with Crippen LogP contribution < -0.4 is 10.7 Å². The van der Waals surface area contributed by atoms with E-state index in [2.05, 4.69) is 15.8 Å². The number of nitrogens with zero attached hydrogens (tertiary/aromatic N) is 1. The van der Waals surface area contributed by atoms with Gasteiger partial charge >= 0.3 is 0 Å². The van der Waals surface area contributed by atoms with E-state index < -0.39 is 5.91 Å². The molecule has 194 valence electrons. The molecule has 0 radical (unpaired) electrons. The zero-order valence-corrected chi connectivity index (χ0v) is 21.9. The summed E-state index contributed by atoms with van der Waals surface area (Å²) in [4.78, 5) is 25.5. The van der Waals surface area contributed by atoms with Crippen molar-refractivity contribution in [2.45, 2.75) is 11.8 Å². The molecule has 4 aromatic rings. The van der Waals surface area contributed by atoms with Crippen LogP contribution in [-0.4, -0.2) is 46.6 Å². The minimum atomic E-state index is -0.483. The molecule has 0 bridgehead atoms.